The summed E-state index contributed by atoms with van der Waals surface area (Å²) < 4.78 is 22.1. The maximum absolute atomic E-state index is 14.6. The lowest BCUT2D eigenvalue weighted by molar-refractivity contribution is -0.0928. The van der Waals surface area contributed by atoms with E-state index in [2.05, 4.69) is 25.5 Å². The lowest BCUT2D eigenvalue weighted by Gasteiger charge is -2.39. The Morgan fingerprint density at radius 3 is 2.76 bits per heavy atom. The number of aryl methyl sites for hydroxylation is 1. The van der Waals surface area contributed by atoms with E-state index in [1.165, 1.54) is 0 Å². The molecule has 4 N–H and O–H groups in total. The van der Waals surface area contributed by atoms with Crippen LogP contribution in [-0.2, 0) is 11.3 Å². The van der Waals surface area contributed by atoms with Gasteiger partial charge in [0, 0.05) is 42.6 Å². The molecule has 3 aromatic heterocycles. The third kappa shape index (κ3) is 4.29. The molecular formula is C28H31FN6O3. The Labute approximate surface area is 219 Å². The predicted molar refractivity (Wildman–Crippen MR) is 143 cm³/mol. The number of benzene rings is 1. The number of fused-ring (bicyclic) bond motifs is 2. The summed E-state index contributed by atoms with van der Waals surface area (Å²) in [5, 5.41) is 27.6. The largest absolute Gasteiger partial charge is 0.388 e. The van der Waals surface area contributed by atoms with E-state index in [0.717, 1.165) is 40.3 Å². The number of rotatable bonds is 5. The van der Waals surface area contributed by atoms with Crippen LogP contribution in [0.2, 0.25) is 0 Å². The minimum Gasteiger partial charge on any atom is -0.388 e. The van der Waals surface area contributed by atoms with Crippen LogP contribution in [0.5, 0.6) is 0 Å². The van der Waals surface area contributed by atoms with Gasteiger partial charge in [-0.1, -0.05) is 6.07 Å². The average Bonchev–Trinajstić information content (AvgIpc) is 3.51. The summed E-state index contributed by atoms with van der Waals surface area (Å²) in [6, 6.07) is 9.48. The van der Waals surface area contributed by atoms with Crippen molar-refractivity contribution in [2.75, 3.05) is 29.9 Å². The second-order valence-corrected chi connectivity index (χ2v) is 10.5. The van der Waals surface area contributed by atoms with Crippen LogP contribution in [0.15, 0.2) is 48.9 Å². The zero-order valence-corrected chi connectivity index (χ0v) is 21.6. The molecule has 1 fully saturated rings. The van der Waals surface area contributed by atoms with Crippen LogP contribution < -0.4 is 15.5 Å². The number of hydrogen-bond donors (Lipinski definition) is 4. The zero-order valence-electron chi connectivity index (χ0n) is 21.6. The molecule has 38 heavy (non-hydrogen) atoms. The Hall–Kier alpha value is -3.57. The molecule has 0 aliphatic carbocycles. The zero-order chi connectivity index (χ0) is 26.6. The van der Waals surface area contributed by atoms with Gasteiger partial charge < -0.3 is 25.2 Å². The number of morpholine rings is 1. The molecular weight excluding hydrogens is 487 g/mol. The fourth-order valence-electron chi connectivity index (χ4n) is 5.22. The first-order chi connectivity index (χ1) is 18.2. The van der Waals surface area contributed by atoms with E-state index >= 15 is 0 Å². The second kappa shape index (κ2) is 9.32. The molecule has 2 atom stereocenters. The molecule has 2 aliphatic heterocycles. The van der Waals surface area contributed by atoms with Gasteiger partial charge in [0.05, 0.1) is 36.0 Å². The first-order valence-corrected chi connectivity index (χ1v) is 12.7. The number of anilines is 3. The highest BCUT2D eigenvalue weighted by atomic mass is 19.1. The van der Waals surface area contributed by atoms with Crippen molar-refractivity contribution in [3.63, 3.8) is 0 Å². The van der Waals surface area contributed by atoms with Gasteiger partial charge in [0.2, 0.25) is 0 Å². The monoisotopic (exact) mass is 518 g/mol. The molecule has 10 heteroatoms. The summed E-state index contributed by atoms with van der Waals surface area (Å²) in [5.74, 6) is 0.302. The molecule has 1 aromatic carbocycles. The van der Waals surface area contributed by atoms with E-state index in [0.29, 0.717) is 31.1 Å². The number of pyridine rings is 2. The van der Waals surface area contributed by atoms with Crippen LogP contribution in [0.1, 0.15) is 36.8 Å². The summed E-state index contributed by atoms with van der Waals surface area (Å²) in [6.07, 6.45) is 4.15. The molecule has 1 unspecified atom stereocenters. The molecule has 0 radical (unpaired) electrons. The van der Waals surface area contributed by atoms with Crippen LogP contribution in [-0.4, -0.2) is 56.0 Å². The van der Waals surface area contributed by atoms with Crippen LogP contribution in [0.25, 0.3) is 16.9 Å². The van der Waals surface area contributed by atoms with E-state index in [1.54, 1.807) is 43.6 Å². The first kappa shape index (κ1) is 24.7. The van der Waals surface area contributed by atoms with Crippen molar-refractivity contribution in [1.29, 1.82) is 0 Å². The summed E-state index contributed by atoms with van der Waals surface area (Å²) in [4.78, 5) is 11.1. The van der Waals surface area contributed by atoms with Gasteiger partial charge in [-0.15, -0.1) is 0 Å². The van der Waals surface area contributed by atoms with E-state index < -0.39 is 11.8 Å². The fraction of sp³-hybridized carbons (Fsp3) is 0.357. The summed E-state index contributed by atoms with van der Waals surface area (Å²) in [7, 11) is 0. The van der Waals surface area contributed by atoms with Gasteiger partial charge in [-0.25, -0.2) is 14.4 Å². The number of halogens is 1. The standard InChI is InChI=1S/C28H31FN6O3/c1-16-8-9-35-21(14-31-26(35)25(16)29)18-5-6-20(24-19(18)13-32-27(24)36)33-23-7-4-17(12-30-23)34-10-11-38-22(15-34)28(2,3)37/h4-9,12,14,22,27,32,36-37H,10-11,13,15H2,1-3H3,(H,30,33)/t22-,27?/m0/s1. The first-order valence-electron chi connectivity index (χ1n) is 12.7. The number of nitrogens with one attached hydrogen (secondary N) is 2. The van der Waals surface area contributed by atoms with Gasteiger partial charge >= 0.3 is 0 Å². The lowest BCUT2D eigenvalue weighted by Crippen LogP contribution is -2.52. The van der Waals surface area contributed by atoms with Crippen LogP contribution in [0.4, 0.5) is 21.6 Å². The van der Waals surface area contributed by atoms with E-state index in [1.807, 2.05) is 30.5 Å². The van der Waals surface area contributed by atoms with E-state index in [9.17, 15) is 14.6 Å². The van der Waals surface area contributed by atoms with Crippen molar-refractivity contribution < 1.29 is 19.3 Å². The topological polar surface area (TPSA) is 107 Å². The number of aliphatic hydroxyl groups is 2. The summed E-state index contributed by atoms with van der Waals surface area (Å²) in [6.45, 7) is 7.54. The number of aromatic nitrogens is 3. The Balaban J connectivity index is 1.28. The molecule has 0 bridgehead atoms. The molecule has 0 saturated carbocycles. The maximum Gasteiger partial charge on any atom is 0.173 e. The van der Waals surface area contributed by atoms with Crippen LogP contribution in [0, 0.1) is 12.7 Å². The van der Waals surface area contributed by atoms with Gasteiger partial charge in [0.15, 0.2) is 11.5 Å². The summed E-state index contributed by atoms with van der Waals surface area (Å²) >= 11 is 0. The van der Waals surface area contributed by atoms with Crippen molar-refractivity contribution in [2.45, 2.75) is 45.2 Å². The Bertz CT molecular complexity index is 1500. The number of imidazole rings is 1. The fourth-order valence-corrected chi connectivity index (χ4v) is 5.22. The Kier molecular flexibility index (Phi) is 6.07. The third-order valence-electron chi connectivity index (χ3n) is 7.42. The molecule has 5 heterocycles. The highest BCUT2D eigenvalue weighted by molar-refractivity contribution is 5.76. The van der Waals surface area contributed by atoms with Gasteiger partial charge in [0.25, 0.3) is 0 Å². The van der Waals surface area contributed by atoms with Crippen molar-refractivity contribution in [1.82, 2.24) is 19.7 Å². The number of ether oxygens (including phenoxy) is 1. The minimum atomic E-state index is -0.925. The van der Waals surface area contributed by atoms with Crippen molar-refractivity contribution in [2.24, 2.45) is 0 Å². The molecule has 1 saturated heterocycles. The van der Waals surface area contributed by atoms with Crippen LogP contribution in [0.3, 0.4) is 0 Å². The van der Waals surface area contributed by atoms with Crippen molar-refractivity contribution >= 4 is 22.8 Å². The highest BCUT2D eigenvalue weighted by Crippen LogP contribution is 2.39. The molecule has 0 spiro atoms. The molecule has 198 valence electrons. The Morgan fingerprint density at radius 2 is 2.00 bits per heavy atom. The molecule has 4 aromatic rings. The van der Waals surface area contributed by atoms with Crippen molar-refractivity contribution in [3.8, 4) is 11.3 Å². The smallest absolute Gasteiger partial charge is 0.173 e. The van der Waals surface area contributed by atoms with Gasteiger partial charge in [-0.2, -0.15) is 0 Å². The minimum absolute atomic E-state index is 0.279. The summed E-state index contributed by atoms with van der Waals surface area (Å²) in [5.41, 5.74) is 4.88. The molecule has 9 nitrogen and oxygen atoms in total. The molecule has 6 rings (SSSR count). The Morgan fingerprint density at radius 1 is 1.16 bits per heavy atom. The predicted octanol–water partition coefficient (Wildman–Crippen LogP) is 3.66. The highest BCUT2D eigenvalue weighted by Gasteiger charge is 2.33. The van der Waals surface area contributed by atoms with Gasteiger partial charge in [-0.05, 0) is 56.2 Å². The number of hydrogen-bond acceptors (Lipinski definition) is 8. The van der Waals surface area contributed by atoms with E-state index in [-0.39, 0.29) is 17.6 Å². The lowest BCUT2D eigenvalue weighted by atomic mass is 9.98. The van der Waals surface area contributed by atoms with E-state index in [4.69, 9.17) is 4.74 Å². The normalized spacial score (nSPS) is 19.7. The van der Waals surface area contributed by atoms with Gasteiger partial charge in [0.1, 0.15) is 18.1 Å². The molecule has 0 amide bonds. The maximum atomic E-state index is 14.6. The SMILES string of the molecule is Cc1ccn2c(-c3ccc(Nc4ccc(N5CCO[C@H](C(C)(C)O)C5)cn4)c4c3CNC4O)cnc2c1F. The van der Waals surface area contributed by atoms with Crippen LogP contribution >= 0.6 is 0 Å². The van der Waals surface area contributed by atoms with Gasteiger partial charge in [-0.3, -0.25) is 9.72 Å². The molecule has 2 aliphatic rings. The number of aliphatic hydroxyl groups excluding tert-OH is 1. The quantitative estimate of drug-likeness (QED) is 0.317. The van der Waals surface area contributed by atoms with Crippen molar-refractivity contribution in [3.05, 3.63) is 71.4 Å². The third-order valence-corrected chi connectivity index (χ3v) is 7.42. The number of nitrogens with zero attached hydrogens (tertiary/aromatic N) is 4. The average molecular weight is 519 g/mol. The second-order valence-electron chi connectivity index (χ2n) is 10.5.